The molecule has 1 aromatic rings. The van der Waals surface area contributed by atoms with Crippen LogP contribution >= 0.6 is 0 Å². The lowest BCUT2D eigenvalue weighted by Gasteiger charge is -2.11. The van der Waals surface area contributed by atoms with Gasteiger partial charge in [0.25, 0.3) is 0 Å². The van der Waals surface area contributed by atoms with Crippen LogP contribution in [0.5, 0.6) is 5.75 Å². The van der Waals surface area contributed by atoms with E-state index in [2.05, 4.69) is 10.1 Å². The van der Waals surface area contributed by atoms with Gasteiger partial charge in [-0.3, -0.25) is 0 Å². The van der Waals surface area contributed by atoms with E-state index in [0.717, 1.165) is 0 Å². The minimum Gasteiger partial charge on any atom is -0.406 e. The van der Waals surface area contributed by atoms with Crippen molar-refractivity contribution in [3.8, 4) is 5.75 Å². The van der Waals surface area contributed by atoms with E-state index in [-0.39, 0.29) is 5.75 Å². The molecule has 0 spiro atoms. The lowest BCUT2D eigenvalue weighted by Crippen LogP contribution is -2.17. The van der Waals surface area contributed by atoms with Crippen molar-refractivity contribution < 1.29 is 23.0 Å². The van der Waals surface area contributed by atoms with Crippen LogP contribution in [-0.2, 0) is 0 Å². The first-order valence-electron chi connectivity index (χ1n) is 5.14. The van der Waals surface area contributed by atoms with Crippen LogP contribution in [0.25, 0.3) is 0 Å². The van der Waals surface area contributed by atoms with Gasteiger partial charge >= 0.3 is 6.36 Å². The summed E-state index contributed by atoms with van der Waals surface area (Å²) in [6, 6.07) is 5.58. The monoisotopic (exact) mass is 249 g/mol. The van der Waals surface area contributed by atoms with E-state index in [0.29, 0.717) is 18.7 Å². The summed E-state index contributed by atoms with van der Waals surface area (Å²) in [6.45, 7) is 2.12. The minimum absolute atomic E-state index is 0.264. The molecule has 0 amide bonds. The highest BCUT2D eigenvalue weighted by molar-refractivity contribution is 5.48. The maximum atomic E-state index is 12.0. The summed E-state index contributed by atoms with van der Waals surface area (Å²) in [6.07, 6.45) is -4.61. The van der Waals surface area contributed by atoms with Gasteiger partial charge in [-0.1, -0.05) is 6.07 Å². The molecule has 1 rings (SSSR count). The zero-order chi connectivity index (χ0) is 12.9. The van der Waals surface area contributed by atoms with Gasteiger partial charge in [0, 0.05) is 18.3 Å². The van der Waals surface area contributed by atoms with Gasteiger partial charge in [-0.05, 0) is 25.5 Å². The van der Waals surface area contributed by atoms with Crippen molar-refractivity contribution in [3.05, 3.63) is 24.3 Å². The number of hydrogen-bond donors (Lipinski definition) is 2. The zero-order valence-electron chi connectivity index (χ0n) is 9.29. The first-order valence-corrected chi connectivity index (χ1v) is 5.14. The fourth-order valence-corrected chi connectivity index (χ4v) is 1.23. The SMILES string of the molecule is CC(O)CCNc1cccc(OC(F)(F)F)c1. The van der Waals surface area contributed by atoms with Crippen molar-refractivity contribution in [2.75, 3.05) is 11.9 Å². The Kier molecular flexibility index (Phi) is 4.62. The molecular formula is C11H14F3NO2. The number of ether oxygens (including phenoxy) is 1. The number of rotatable bonds is 5. The number of aliphatic hydroxyl groups excluding tert-OH is 1. The molecule has 1 atom stereocenters. The first-order chi connectivity index (χ1) is 7.87. The van der Waals surface area contributed by atoms with Crippen molar-refractivity contribution in [1.82, 2.24) is 0 Å². The smallest absolute Gasteiger partial charge is 0.406 e. The Morgan fingerprint density at radius 1 is 1.41 bits per heavy atom. The number of nitrogens with one attached hydrogen (secondary N) is 1. The highest BCUT2D eigenvalue weighted by Gasteiger charge is 2.31. The van der Waals surface area contributed by atoms with Crippen molar-refractivity contribution >= 4 is 5.69 Å². The summed E-state index contributed by atoms with van der Waals surface area (Å²) in [5.41, 5.74) is 0.521. The molecule has 0 saturated heterocycles. The highest BCUT2D eigenvalue weighted by atomic mass is 19.4. The number of benzene rings is 1. The van der Waals surface area contributed by atoms with E-state index in [1.165, 1.54) is 18.2 Å². The summed E-state index contributed by atoms with van der Waals surface area (Å²) in [5.74, 6) is -0.264. The third kappa shape index (κ3) is 6.01. The third-order valence-electron chi connectivity index (χ3n) is 1.96. The van der Waals surface area contributed by atoms with Crippen molar-refractivity contribution in [3.63, 3.8) is 0 Å². The topological polar surface area (TPSA) is 41.5 Å². The Labute approximate surface area is 97.2 Å². The Balaban J connectivity index is 2.54. The van der Waals surface area contributed by atoms with Crippen LogP contribution in [0.3, 0.4) is 0 Å². The van der Waals surface area contributed by atoms with Crippen LogP contribution in [0, 0.1) is 0 Å². The van der Waals surface area contributed by atoms with Gasteiger partial charge in [0.2, 0.25) is 0 Å². The fraction of sp³-hybridized carbons (Fsp3) is 0.455. The number of alkyl halides is 3. The predicted octanol–water partition coefficient (Wildman–Crippen LogP) is 2.77. The van der Waals surface area contributed by atoms with Gasteiger partial charge in [-0.2, -0.15) is 0 Å². The second-order valence-electron chi connectivity index (χ2n) is 3.64. The Bertz CT molecular complexity index is 353. The minimum atomic E-state index is -4.68. The van der Waals surface area contributed by atoms with E-state index in [9.17, 15) is 13.2 Å². The van der Waals surface area contributed by atoms with Crippen LogP contribution < -0.4 is 10.1 Å². The number of hydrogen-bond acceptors (Lipinski definition) is 3. The highest BCUT2D eigenvalue weighted by Crippen LogP contribution is 2.24. The first kappa shape index (κ1) is 13.6. The summed E-state index contributed by atoms with van der Waals surface area (Å²) in [5, 5.41) is 11.9. The van der Waals surface area contributed by atoms with Gasteiger partial charge in [-0.15, -0.1) is 13.2 Å². The van der Waals surface area contributed by atoms with Crippen LogP contribution in [0.4, 0.5) is 18.9 Å². The molecule has 0 fully saturated rings. The average Bonchev–Trinajstić information content (AvgIpc) is 2.14. The molecule has 0 aliphatic carbocycles. The largest absolute Gasteiger partial charge is 0.573 e. The number of aliphatic hydroxyl groups is 1. The van der Waals surface area contributed by atoms with Gasteiger partial charge in [0.1, 0.15) is 5.75 Å². The van der Waals surface area contributed by atoms with Gasteiger partial charge < -0.3 is 15.2 Å². The number of halogens is 3. The second kappa shape index (κ2) is 5.77. The van der Waals surface area contributed by atoms with Crippen molar-refractivity contribution in [2.24, 2.45) is 0 Å². The molecule has 0 heterocycles. The van der Waals surface area contributed by atoms with Crippen LogP contribution in [0.15, 0.2) is 24.3 Å². The van der Waals surface area contributed by atoms with E-state index in [4.69, 9.17) is 5.11 Å². The summed E-state index contributed by atoms with van der Waals surface area (Å²) in [7, 11) is 0. The third-order valence-corrected chi connectivity index (χ3v) is 1.96. The van der Waals surface area contributed by atoms with E-state index in [1.54, 1.807) is 13.0 Å². The summed E-state index contributed by atoms with van der Waals surface area (Å²) in [4.78, 5) is 0. The number of anilines is 1. The summed E-state index contributed by atoms with van der Waals surface area (Å²) < 4.78 is 39.6. The molecule has 0 aliphatic rings. The standard InChI is InChI=1S/C11H14F3NO2/c1-8(16)5-6-15-9-3-2-4-10(7-9)17-11(12,13)14/h2-4,7-8,15-16H,5-6H2,1H3. The normalized spacial score (nSPS) is 13.2. The lowest BCUT2D eigenvalue weighted by atomic mass is 10.2. The quantitative estimate of drug-likeness (QED) is 0.843. The molecule has 2 N–H and O–H groups in total. The van der Waals surface area contributed by atoms with E-state index >= 15 is 0 Å². The molecule has 3 nitrogen and oxygen atoms in total. The van der Waals surface area contributed by atoms with E-state index in [1.807, 2.05) is 0 Å². The van der Waals surface area contributed by atoms with Crippen molar-refractivity contribution in [1.29, 1.82) is 0 Å². The Morgan fingerprint density at radius 2 is 2.12 bits per heavy atom. The molecule has 96 valence electrons. The van der Waals surface area contributed by atoms with Crippen molar-refractivity contribution in [2.45, 2.75) is 25.8 Å². The molecule has 1 aromatic carbocycles. The molecule has 0 radical (unpaired) electrons. The lowest BCUT2D eigenvalue weighted by molar-refractivity contribution is -0.274. The van der Waals surface area contributed by atoms with Crippen LogP contribution in [0.2, 0.25) is 0 Å². The molecule has 1 unspecified atom stereocenters. The predicted molar refractivity (Wildman–Crippen MR) is 57.9 cm³/mol. The maximum Gasteiger partial charge on any atom is 0.573 e. The molecule has 0 aliphatic heterocycles. The zero-order valence-corrected chi connectivity index (χ0v) is 9.29. The van der Waals surface area contributed by atoms with Gasteiger partial charge in [0.15, 0.2) is 0 Å². The molecular weight excluding hydrogens is 235 g/mol. The molecule has 6 heteroatoms. The van der Waals surface area contributed by atoms with Crippen LogP contribution in [0.1, 0.15) is 13.3 Å². The van der Waals surface area contributed by atoms with Gasteiger partial charge in [-0.25, -0.2) is 0 Å². The van der Waals surface area contributed by atoms with Gasteiger partial charge in [0.05, 0.1) is 6.10 Å². The molecule has 0 saturated carbocycles. The average molecular weight is 249 g/mol. The second-order valence-corrected chi connectivity index (χ2v) is 3.64. The summed E-state index contributed by atoms with van der Waals surface area (Å²) >= 11 is 0. The maximum absolute atomic E-state index is 12.0. The fourth-order valence-electron chi connectivity index (χ4n) is 1.23. The Hall–Kier alpha value is -1.43. The Morgan fingerprint density at radius 3 is 2.71 bits per heavy atom. The van der Waals surface area contributed by atoms with E-state index < -0.39 is 12.5 Å². The van der Waals surface area contributed by atoms with Crippen LogP contribution in [-0.4, -0.2) is 24.1 Å². The molecule has 0 aromatic heterocycles. The molecule has 17 heavy (non-hydrogen) atoms. The molecule has 0 bridgehead atoms.